The number of hydrogen-bond acceptors (Lipinski definition) is 3. The molecule has 1 saturated carbocycles. The maximum atomic E-state index is 13.3. The maximum absolute atomic E-state index is 13.3. The van der Waals surface area contributed by atoms with Gasteiger partial charge < -0.3 is 9.64 Å². The molecular formula is C28H35NO2. The maximum Gasteiger partial charge on any atom is 0.317 e. The summed E-state index contributed by atoms with van der Waals surface area (Å²) in [6.07, 6.45) is 7.66. The molecule has 0 spiro atoms. The number of ether oxygens (including phenoxy) is 1. The molecule has 2 aromatic carbocycles. The molecule has 3 nitrogen and oxygen atoms in total. The lowest BCUT2D eigenvalue weighted by atomic mass is 9.62. The van der Waals surface area contributed by atoms with E-state index >= 15 is 0 Å². The fourth-order valence-electron chi connectivity index (χ4n) is 5.53. The number of benzene rings is 2. The SMILES string of the molecule is CCOC(=O)[C@]12CCC[C@H](CN(CCCc3ccccc3)C1)C2=Cc1cccc(C)c1. The van der Waals surface area contributed by atoms with E-state index in [0.29, 0.717) is 12.5 Å². The van der Waals surface area contributed by atoms with Crippen LogP contribution in [0, 0.1) is 18.3 Å². The summed E-state index contributed by atoms with van der Waals surface area (Å²) in [5.74, 6) is 0.413. The van der Waals surface area contributed by atoms with Gasteiger partial charge in [-0.05, 0) is 68.7 Å². The third kappa shape index (κ3) is 4.93. The molecule has 1 aliphatic heterocycles. The Kier molecular flexibility index (Phi) is 6.92. The van der Waals surface area contributed by atoms with Crippen molar-refractivity contribution >= 4 is 12.0 Å². The number of aryl methyl sites for hydroxylation is 2. The van der Waals surface area contributed by atoms with E-state index in [0.717, 1.165) is 51.7 Å². The van der Waals surface area contributed by atoms with Gasteiger partial charge in [-0.1, -0.05) is 72.7 Å². The van der Waals surface area contributed by atoms with Gasteiger partial charge in [0.15, 0.2) is 0 Å². The monoisotopic (exact) mass is 417 g/mol. The van der Waals surface area contributed by atoms with Crippen LogP contribution in [0.2, 0.25) is 0 Å². The highest BCUT2D eigenvalue weighted by Gasteiger charge is 2.52. The minimum Gasteiger partial charge on any atom is -0.465 e. The quantitative estimate of drug-likeness (QED) is 0.543. The molecule has 0 unspecified atom stereocenters. The Bertz CT molecular complexity index is 920. The third-order valence-electron chi connectivity index (χ3n) is 6.93. The molecule has 2 bridgehead atoms. The molecule has 1 heterocycles. The lowest BCUT2D eigenvalue weighted by Crippen LogP contribution is -2.55. The van der Waals surface area contributed by atoms with Crippen molar-refractivity contribution in [3.63, 3.8) is 0 Å². The molecule has 0 amide bonds. The first-order valence-electron chi connectivity index (χ1n) is 11.8. The van der Waals surface area contributed by atoms with E-state index < -0.39 is 5.41 Å². The summed E-state index contributed by atoms with van der Waals surface area (Å²) in [6.45, 7) is 7.35. The molecule has 2 aromatic rings. The lowest BCUT2D eigenvalue weighted by Gasteiger charge is -2.50. The highest BCUT2D eigenvalue weighted by molar-refractivity contribution is 5.84. The molecular weight excluding hydrogens is 382 g/mol. The number of nitrogens with zero attached hydrogens (tertiary/aromatic N) is 1. The summed E-state index contributed by atoms with van der Waals surface area (Å²) in [5, 5.41) is 0. The zero-order valence-electron chi connectivity index (χ0n) is 19.0. The molecule has 2 atom stereocenters. The molecule has 2 fully saturated rings. The Morgan fingerprint density at radius 1 is 1.19 bits per heavy atom. The number of carbonyl (C=O) groups excluding carboxylic acids is 1. The second-order valence-electron chi connectivity index (χ2n) is 9.23. The Morgan fingerprint density at radius 2 is 2.03 bits per heavy atom. The van der Waals surface area contributed by atoms with Gasteiger partial charge in [0, 0.05) is 13.1 Å². The van der Waals surface area contributed by atoms with Crippen LogP contribution < -0.4 is 0 Å². The predicted octanol–water partition coefficient (Wildman–Crippen LogP) is 5.68. The van der Waals surface area contributed by atoms with Crippen LogP contribution in [0.4, 0.5) is 0 Å². The predicted molar refractivity (Wildman–Crippen MR) is 127 cm³/mol. The van der Waals surface area contributed by atoms with Crippen molar-refractivity contribution in [2.45, 2.75) is 46.0 Å². The van der Waals surface area contributed by atoms with Crippen LogP contribution in [0.25, 0.3) is 6.08 Å². The normalized spacial score (nSPS) is 24.8. The molecule has 0 N–H and O–H groups in total. The second-order valence-corrected chi connectivity index (χ2v) is 9.23. The van der Waals surface area contributed by atoms with E-state index in [1.807, 2.05) is 6.92 Å². The van der Waals surface area contributed by atoms with Gasteiger partial charge in [0.1, 0.15) is 5.41 Å². The summed E-state index contributed by atoms with van der Waals surface area (Å²) in [7, 11) is 0. The van der Waals surface area contributed by atoms with Crippen LogP contribution in [-0.2, 0) is 16.0 Å². The van der Waals surface area contributed by atoms with Crippen LogP contribution in [0.1, 0.15) is 49.3 Å². The molecule has 1 saturated heterocycles. The summed E-state index contributed by atoms with van der Waals surface area (Å²) >= 11 is 0. The van der Waals surface area contributed by atoms with E-state index in [9.17, 15) is 4.79 Å². The molecule has 0 aromatic heterocycles. The number of esters is 1. The molecule has 164 valence electrons. The molecule has 1 aliphatic carbocycles. The number of carbonyl (C=O) groups is 1. The topological polar surface area (TPSA) is 29.5 Å². The van der Waals surface area contributed by atoms with Gasteiger partial charge in [0.2, 0.25) is 0 Å². The van der Waals surface area contributed by atoms with Gasteiger partial charge in [-0.15, -0.1) is 0 Å². The highest BCUT2D eigenvalue weighted by atomic mass is 16.5. The molecule has 0 radical (unpaired) electrons. The zero-order chi connectivity index (χ0) is 21.7. The summed E-state index contributed by atoms with van der Waals surface area (Å²) in [5.41, 5.74) is 4.66. The molecule has 3 heteroatoms. The van der Waals surface area contributed by atoms with E-state index in [2.05, 4.69) is 72.5 Å². The summed E-state index contributed by atoms with van der Waals surface area (Å²) in [4.78, 5) is 15.9. The van der Waals surface area contributed by atoms with Gasteiger partial charge in [0.25, 0.3) is 0 Å². The molecule has 4 rings (SSSR count). The number of hydrogen-bond donors (Lipinski definition) is 0. The first-order chi connectivity index (χ1) is 15.1. The summed E-state index contributed by atoms with van der Waals surface area (Å²) in [6, 6.07) is 19.3. The van der Waals surface area contributed by atoms with E-state index in [-0.39, 0.29) is 5.97 Å². The first kappa shape index (κ1) is 21.8. The van der Waals surface area contributed by atoms with Crippen LogP contribution in [0.5, 0.6) is 0 Å². The fraction of sp³-hybridized carbons (Fsp3) is 0.464. The largest absolute Gasteiger partial charge is 0.465 e. The number of piperidine rings is 1. The van der Waals surface area contributed by atoms with Crippen LogP contribution in [0.3, 0.4) is 0 Å². The van der Waals surface area contributed by atoms with Crippen molar-refractivity contribution in [2.24, 2.45) is 11.3 Å². The van der Waals surface area contributed by atoms with Crippen molar-refractivity contribution in [1.82, 2.24) is 4.90 Å². The second kappa shape index (κ2) is 9.82. The standard InChI is InChI=1S/C28H35NO2/c1-3-31-27(30)28-16-8-15-25(26(28)19-24-13-7-10-22(2)18-24)20-29(21-28)17-9-14-23-11-5-4-6-12-23/h4-7,10-13,18-19,25H,3,8-9,14-17,20-21H2,1-2H3/t25-,28-/m1/s1. The van der Waals surface area contributed by atoms with Crippen LogP contribution in [-0.4, -0.2) is 37.1 Å². The van der Waals surface area contributed by atoms with Crippen molar-refractivity contribution in [1.29, 1.82) is 0 Å². The number of likely N-dealkylation sites (tertiary alicyclic amines) is 1. The van der Waals surface area contributed by atoms with Crippen molar-refractivity contribution < 1.29 is 9.53 Å². The van der Waals surface area contributed by atoms with Gasteiger partial charge in [-0.2, -0.15) is 0 Å². The average molecular weight is 418 g/mol. The van der Waals surface area contributed by atoms with Crippen molar-refractivity contribution in [2.75, 3.05) is 26.2 Å². The van der Waals surface area contributed by atoms with Gasteiger partial charge >= 0.3 is 5.97 Å². The van der Waals surface area contributed by atoms with E-state index in [1.165, 1.54) is 22.3 Å². The smallest absolute Gasteiger partial charge is 0.317 e. The van der Waals surface area contributed by atoms with E-state index in [4.69, 9.17) is 4.74 Å². The molecule has 2 aliphatic rings. The fourth-order valence-corrected chi connectivity index (χ4v) is 5.53. The number of fused-ring (bicyclic) bond motifs is 2. The van der Waals surface area contributed by atoms with Crippen molar-refractivity contribution in [3.05, 3.63) is 76.9 Å². The molecule has 31 heavy (non-hydrogen) atoms. The van der Waals surface area contributed by atoms with E-state index in [1.54, 1.807) is 0 Å². The van der Waals surface area contributed by atoms with Gasteiger partial charge in [0.05, 0.1) is 6.61 Å². The Morgan fingerprint density at radius 3 is 2.81 bits per heavy atom. The van der Waals surface area contributed by atoms with Crippen LogP contribution in [0.15, 0.2) is 60.2 Å². The Hall–Kier alpha value is -2.39. The minimum absolute atomic E-state index is 0.0219. The third-order valence-corrected chi connectivity index (χ3v) is 6.93. The zero-order valence-corrected chi connectivity index (χ0v) is 19.0. The minimum atomic E-state index is -0.492. The first-order valence-corrected chi connectivity index (χ1v) is 11.8. The number of rotatable bonds is 7. The van der Waals surface area contributed by atoms with Gasteiger partial charge in [-0.25, -0.2) is 0 Å². The Labute approximate surface area is 187 Å². The highest BCUT2D eigenvalue weighted by Crippen LogP contribution is 2.50. The lowest BCUT2D eigenvalue weighted by molar-refractivity contribution is -0.158. The Balaban J connectivity index is 1.56. The van der Waals surface area contributed by atoms with Crippen molar-refractivity contribution in [3.8, 4) is 0 Å². The van der Waals surface area contributed by atoms with Crippen LogP contribution >= 0.6 is 0 Å². The summed E-state index contributed by atoms with van der Waals surface area (Å²) < 4.78 is 5.67. The average Bonchev–Trinajstić information content (AvgIpc) is 2.75. The van der Waals surface area contributed by atoms with Gasteiger partial charge in [-0.3, -0.25) is 4.79 Å².